The Balaban J connectivity index is 1.70. The van der Waals surface area contributed by atoms with E-state index < -0.39 is 10.0 Å². The van der Waals surface area contributed by atoms with Gasteiger partial charge >= 0.3 is 0 Å². The fourth-order valence-corrected chi connectivity index (χ4v) is 5.49. The minimum atomic E-state index is -3.37. The van der Waals surface area contributed by atoms with Gasteiger partial charge in [-0.25, -0.2) is 8.42 Å². The molecule has 0 spiro atoms. The number of thiophene rings is 1. The quantitative estimate of drug-likeness (QED) is 0.723. The number of sulfonamides is 1. The van der Waals surface area contributed by atoms with Crippen molar-refractivity contribution in [2.45, 2.75) is 32.9 Å². The fourth-order valence-electron chi connectivity index (χ4n) is 3.58. The molecular formula is C20H25N3O4S2. The van der Waals surface area contributed by atoms with Crippen LogP contribution >= 0.6 is 11.3 Å². The topological polar surface area (TPSA) is 86.8 Å². The molecule has 2 amide bonds. The van der Waals surface area contributed by atoms with E-state index in [4.69, 9.17) is 0 Å². The third-order valence-corrected chi connectivity index (χ3v) is 7.03. The van der Waals surface area contributed by atoms with Crippen LogP contribution in [0.3, 0.4) is 0 Å². The van der Waals surface area contributed by atoms with E-state index in [1.807, 2.05) is 31.4 Å². The third kappa shape index (κ3) is 4.79. The van der Waals surface area contributed by atoms with E-state index in [0.29, 0.717) is 30.8 Å². The minimum Gasteiger partial charge on any atom is -0.350 e. The maximum atomic E-state index is 12.9. The number of hydrogen-bond donors (Lipinski definition) is 1. The molecule has 7 nitrogen and oxygen atoms in total. The number of carbonyl (C=O) groups is 2. The molecule has 0 unspecified atom stereocenters. The summed E-state index contributed by atoms with van der Waals surface area (Å²) in [6, 6.07) is 8.73. The molecule has 9 heteroatoms. The highest BCUT2D eigenvalue weighted by atomic mass is 32.2. The van der Waals surface area contributed by atoms with Crippen LogP contribution in [0.15, 0.2) is 35.7 Å². The molecule has 29 heavy (non-hydrogen) atoms. The second-order valence-corrected chi connectivity index (χ2v) is 10.0. The van der Waals surface area contributed by atoms with Crippen molar-refractivity contribution in [1.82, 2.24) is 10.2 Å². The Morgan fingerprint density at radius 2 is 2.07 bits per heavy atom. The van der Waals surface area contributed by atoms with Crippen molar-refractivity contribution < 1.29 is 18.0 Å². The summed E-state index contributed by atoms with van der Waals surface area (Å²) in [6.07, 6.45) is 1.74. The molecule has 1 atom stereocenters. The normalized spacial score (nSPS) is 15.8. The molecule has 1 aromatic carbocycles. The van der Waals surface area contributed by atoms with E-state index in [2.05, 4.69) is 5.32 Å². The fraction of sp³-hybridized carbons (Fsp3) is 0.400. The van der Waals surface area contributed by atoms with Crippen molar-refractivity contribution in [1.29, 1.82) is 0 Å². The highest BCUT2D eigenvalue weighted by molar-refractivity contribution is 7.92. The van der Waals surface area contributed by atoms with Crippen LogP contribution in [0.25, 0.3) is 0 Å². The molecule has 156 valence electrons. The zero-order valence-corrected chi connectivity index (χ0v) is 18.3. The first-order chi connectivity index (χ1) is 13.7. The predicted octanol–water partition coefficient (Wildman–Crippen LogP) is 2.24. The smallest absolute Gasteiger partial charge is 0.254 e. The summed E-state index contributed by atoms with van der Waals surface area (Å²) in [7, 11) is -3.37. The Morgan fingerprint density at radius 1 is 1.31 bits per heavy atom. The van der Waals surface area contributed by atoms with Gasteiger partial charge in [-0.1, -0.05) is 6.07 Å². The van der Waals surface area contributed by atoms with Crippen LogP contribution in [0.1, 0.15) is 34.6 Å². The van der Waals surface area contributed by atoms with E-state index in [1.54, 1.807) is 29.5 Å². The minimum absolute atomic E-state index is 0.0241. The van der Waals surface area contributed by atoms with Gasteiger partial charge in [0.15, 0.2) is 0 Å². The lowest BCUT2D eigenvalue weighted by Gasteiger charge is -2.22. The molecule has 0 radical (unpaired) electrons. The van der Waals surface area contributed by atoms with E-state index >= 15 is 0 Å². The molecule has 0 fully saturated rings. The van der Waals surface area contributed by atoms with Crippen LogP contribution in [0.5, 0.6) is 0 Å². The average Bonchev–Trinajstić information content (AvgIpc) is 3.29. The largest absolute Gasteiger partial charge is 0.350 e. The summed E-state index contributed by atoms with van der Waals surface area (Å²) in [5, 5.41) is 4.78. The van der Waals surface area contributed by atoms with Crippen LogP contribution in [0.2, 0.25) is 0 Å². The zero-order chi connectivity index (χ0) is 21.2. The third-order valence-electron chi connectivity index (χ3n) is 4.88. The van der Waals surface area contributed by atoms with Gasteiger partial charge in [0.05, 0.1) is 25.0 Å². The van der Waals surface area contributed by atoms with Crippen LogP contribution in [0.4, 0.5) is 5.69 Å². The molecular weight excluding hydrogens is 410 g/mol. The zero-order valence-electron chi connectivity index (χ0n) is 16.7. The van der Waals surface area contributed by atoms with Crippen molar-refractivity contribution in [2.24, 2.45) is 0 Å². The Labute approximate surface area is 175 Å². The lowest BCUT2D eigenvalue weighted by Crippen LogP contribution is -2.40. The van der Waals surface area contributed by atoms with Crippen LogP contribution in [-0.2, 0) is 27.8 Å². The predicted molar refractivity (Wildman–Crippen MR) is 115 cm³/mol. The number of likely N-dealkylation sites (N-methyl/N-ethyl adjacent to an activating group) is 1. The van der Waals surface area contributed by atoms with Crippen molar-refractivity contribution in [3.63, 3.8) is 0 Å². The lowest BCUT2D eigenvalue weighted by atomic mass is 10.1. The van der Waals surface area contributed by atoms with Crippen molar-refractivity contribution in [3.8, 4) is 0 Å². The molecule has 0 saturated heterocycles. The summed E-state index contributed by atoms with van der Waals surface area (Å²) in [4.78, 5) is 27.7. The number of rotatable bonds is 7. The summed E-state index contributed by atoms with van der Waals surface area (Å²) in [6.45, 7) is 4.49. The lowest BCUT2D eigenvalue weighted by molar-refractivity contribution is -0.121. The Bertz CT molecular complexity index is 1000. The van der Waals surface area contributed by atoms with Gasteiger partial charge in [0.1, 0.15) is 0 Å². The number of amides is 2. The molecule has 1 N–H and O–H groups in total. The number of hydrogen-bond acceptors (Lipinski definition) is 5. The van der Waals surface area contributed by atoms with Crippen molar-refractivity contribution in [2.75, 3.05) is 23.7 Å². The van der Waals surface area contributed by atoms with Gasteiger partial charge in [-0.2, -0.15) is 0 Å². The summed E-state index contributed by atoms with van der Waals surface area (Å²) in [5.41, 5.74) is 1.90. The van der Waals surface area contributed by atoms with Gasteiger partial charge in [0.25, 0.3) is 5.91 Å². The first-order valence-corrected chi connectivity index (χ1v) is 12.1. The molecule has 0 bridgehead atoms. The van der Waals surface area contributed by atoms with E-state index in [9.17, 15) is 18.0 Å². The number of nitrogens with zero attached hydrogens (tertiary/aromatic N) is 2. The first kappa shape index (κ1) is 21.3. The van der Waals surface area contributed by atoms with Crippen molar-refractivity contribution >= 4 is 38.9 Å². The number of anilines is 1. The van der Waals surface area contributed by atoms with Crippen LogP contribution < -0.4 is 9.62 Å². The van der Waals surface area contributed by atoms with Gasteiger partial charge in [-0.15, -0.1) is 11.3 Å². The molecule has 2 heterocycles. The first-order valence-electron chi connectivity index (χ1n) is 9.41. The average molecular weight is 436 g/mol. The Kier molecular flexibility index (Phi) is 6.28. The highest BCUT2D eigenvalue weighted by Gasteiger charge is 2.33. The number of nitrogens with one attached hydrogen (secondary N) is 1. The molecule has 1 aliphatic heterocycles. The van der Waals surface area contributed by atoms with E-state index in [0.717, 1.165) is 10.4 Å². The number of carbonyl (C=O) groups excluding carboxylic acids is 2. The van der Waals surface area contributed by atoms with E-state index in [-0.39, 0.29) is 24.4 Å². The molecule has 0 aliphatic carbocycles. The standard InChI is InChI=1S/C20H25N3O4S2/c1-4-22(13-19(24)21-12-17-6-5-9-28-17)20(25)15-7-8-18-16(11-15)10-14(2)23(18)29(3,26)27/h5-9,11,14H,4,10,12-13H2,1-3H3,(H,21,24)/t14-/m1/s1. The van der Waals surface area contributed by atoms with Crippen LogP contribution in [-0.4, -0.2) is 50.5 Å². The van der Waals surface area contributed by atoms with Crippen LogP contribution in [0, 0.1) is 0 Å². The Hall–Kier alpha value is -2.39. The maximum absolute atomic E-state index is 12.9. The summed E-state index contributed by atoms with van der Waals surface area (Å²) < 4.78 is 25.5. The number of benzene rings is 1. The summed E-state index contributed by atoms with van der Waals surface area (Å²) in [5.74, 6) is -0.460. The highest BCUT2D eigenvalue weighted by Crippen LogP contribution is 2.34. The second-order valence-electron chi connectivity index (χ2n) is 7.13. The second kappa shape index (κ2) is 8.54. The molecule has 1 aliphatic rings. The molecule has 1 aromatic heterocycles. The summed E-state index contributed by atoms with van der Waals surface area (Å²) >= 11 is 1.56. The van der Waals surface area contributed by atoms with Gasteiger partial charge in [0.2, 0.25) is 15.9 Å². The number of fused-ring (bicyclic) bond motifs is 1. The molecule has 2 aromatic rings. The molecule has 3 rings (SSSR count). The monoisotopic (exact) mass is 435 g/mol. The van der Waals surface area contributed by atoms with Gasteiger partial charge in [-0.05, 0) is 55.5 Å². The van der Waals surface area contributed by atoms with Gasteiger partial charge < -0.3 is 10.2 Å². The Morgan fingerprint density at radius 3 is 2.69 bits per heavy atom. The van der Waals surface area contributed by atoms with Crippen molar-refractivity contribution in [3.05, 3.63) is 51.7 Å². The molecule has 0 saturated carbocycles. The van der Waals surface area contributed by atoms with Gasteiger partial charge in [-0.3, -0.25) is 13.9 Å². The van der Waals surface area contributed by atoms with E-state index in [1.165, 1.54) is 15.5 Å². The van der Waals surface area contributed by atoms with Gasteiger partial charge in [0, 0.05) is 23.0 Å². The SMILES string of the molecule is CCN(CC(=O)NCc1cccs1)C(=O)c1ccc2c(c1)C[C@@H](C)N2S(C)(=O)=O. The maximum Gasteiger partial charge on any atom is 0.254 e.